The first-order valence-electron chi connectivity index (χ1n) is 7.80. The van der Waals surface area contributed by atoms with Gasteiger partial charge in [-0.1, -0.05) is 5.16 Å². The van der Waals surface area contributed by atoms with Crippen molar-refractivity contribution in [2.24, 2.45) is 0 Å². The van der Waals surface area contributed by atoms with Crippen LogP contribution in [0.2, 0.25) is 0 Å². The van der Waals surface area contributed by atoms with E-state index in [0.717, 1.165) is 0 Å². The highest BCUT2D eigenvalue weighted by molar-refractivity contribution is 8.01. The van der Waals surface area contributed by atoms with E-state index in [1.165, 1.54) is 26.0 Å². The van der Waals surface area contributed by atoms with Gasteiger partial charge in [-0.15, -0.1) is 11.8 Å². The van der Waals surface area contributed by atoms with Crippen molar-refractivity contribution in [2.45, 2.75) is 19.1 Å². The Balaban J connectivity index is 1.85. The molecule has 26 heavy (non-hydrogen) atoms. The lowest BCUT2D eigenvalue weighted by Crippen LogP contribution is -2.25. The monoisotopic (exact) mass is 379 g/mol. The molecule has 1 aromatic heterocycles. The predicted octanol–water partition coefficient (Wildman–Crippen LogP) is 2.70. The van der Waals surface area contributed by atoms with Crippen LogP contribution in [0.15, 0.2) is 28.8 Å². The molecule has 2 rings (SSSR count). The lowest BCUT2D eigenvalue weighted by molar-refractivity contribution is -0.115. The summed E-state index contributed by atoms with van der Waals surface area (Å²) in [5, 5.41) is 8.67. The molecule has 0 unspecified atom stereocenters. The molecule has 0 saturated carbocycles. The molecule has 0 aliphatic heterocycles. The topological polar surface area (TPSA) is 103 Å². The Bertz CT molecular complexity index is 755. The third-order valence-corrected chi connectivity index (χ3v) is 4.49. The number of rotatable bonds is 8. The number of carbonyl (C=O) groups excluding carboxylic acids is 2. The molecule has 1 heterocycles. The smallest absolute Gasteiger partial charge is 0.238 e. The van der Waals surface area contributed by atoms with Crippen molar-refractivity contribution in [1.82, 2.24) is 5.16 Å². The van der Waals surface area contributed by atoms with E-state index < -0.39 is 5.25 Å². The maximum absolute atomic E-state index is 12.1. The van der Waals surface area contributed by atoms with Crippen LogP contribution < -0.4 is 20.1 Å². The van der Waals surface area contributed by atoms with Crippen LogP contribution in [0.3, 0.4) is 0 Å². The van der Waals surface area contributed by atoms with E-state index in [4.69, 9.17) is 14.0 Å². The van der Waals surface area contributed by atoms with Crippen LogP contribution >= 0.6 is 11.8 Å². The number of methoxy groups -OCH3 is 2. The third kappa shape index (κ3) is 5.69. The van der Waals surface area contributed by atoms with Gasteiger partial charge in [0.2, 0.25) is 11.8 Å². The molecule has 0 fully saturated rings. The molecule has 9 heteroatoms. The maximum atomic E-state index is 12.1. The van der Waals surface area contributed by atoms with Gasteiger partial charge in [-0.2, -0.15) is 0 Å². The summed E-state index contributed by atoms with van der Waals surface area (Å²) in [6, 6.07) is 6.71. The zero-order valence-corrected chi connectivity index (χ0v) is 15.8. The summed E-state index contributed by atoms with van der Waals surface area (Å²) in [6.07, 6.45) is 0. The number of aryl methyl sites for hydroxylation is 1. The second-order valence-corrected chi connectivity index (χ2v) is 6.74. The van der Waals surface area contributed by atoms with Crippen LogP contribution in [0.25, 0.3) is 0 Å². The van der Waals surface area contributed by atoms with E-state index in [1.807, 2.05) is 0 Å². The lowest BCUT2D eigenvalue weighted by atomic mass is 10.2. The summed E-state index contributed by atoms with van der Waals surface area (Å²) in [7, 11) is 3.07. The van der Waals surface area contributed by atoms with E-state index >= 15 is 0 Å². The molecule has 1 aromatic carbocycles. The van der Waals surface area contributed by atoms with Crippen molar-refractivity contribution in [1.29, 1.82) is 0 Å². The summed E-state index contributed by atoms with van der Waals surface area (Å²) in [4.78, 5) is 24.2. The van der Waals surface area contributed by atoms with E-state index in [1.54, 1.807) is 38.1 Å². The summed E-state index contributed by atoms with van der Waals surface area (Å²) in [6.45, 7) is 3.45. The van der Waals surface area contributed by atoms with Crippen molar-refractivity contribution in [3.63, 3.8) is 0 Å². The number of nitrogens with one attached hydrogen (secondary N) is 2. The van der Waals surface area contributed by atoms with Crippen LogP contribution in [0.1, 0.15) is 12.7 Å². The van der Waals surface area contributed by atoms with Crippen molar-refractivity contribution in [3.8, 4) is 11.5 Å². The highest BCUT2D eigenvalue weighted by Gasteiger charge is 2.17. The molecule has 0 aliphatic rings. The minimum Gasteiger partial charge on any atom is -0.497 e. The summed E-state index contributed by atoms with van der Waals surface area (Å²) >= 11 is 1.21. The Kier molecular flexibility index (Phi) is 6.90. The van der Waals surface area contributed by atoms with Crippen LogP contribution in [-0.4, -0.2) is 42.2 Å². The SMILES string of the molecule is COc1cc(NC(=O)CS[C@@H](C)C(=O)Nc2cc(C)on2)cc(OC)c1. The van der Waals surface area contributed by atoms with Crippen molar-refractivity contribution < 1.29 is 23.6 Å². The Labute approximate surface area is 155 Å². The van der Waals surface area contributed by atoms with E-state index in [2.05, 4.69) is 15.8 Å². The number of hydrogen-bond donors (Lipinski definition) is 2. The summed E-state index contributed by atoms with van der Waals surface area (Å²) in [5.41, 5.74) is 0.557. The number of ether oxygens (including phenoxy) is 2. The van der Waals surface area contributed by atoms with Gasteiger partial charge in [0.05, 0.1) is 25.2 Å². The molecule has 0 bridgehead atoms. The normalized spacial score (nSPS) is 11.5. The first-order chi connectivity index (χ1) is 12.4. The Morgan fingerprint density at radius 3 is 2.35 bits per heavy atom. The van der Waals surface area contributed by atoms with Crippen molar-refractivity contribution in [3.05, 3.63) is 30.0 Å². The fourth-order valence-electron chi connectivity index (χ4n) is 2.01. The first kappa shape index (κ1) is 19.6. The van der Waals surface area contributed by atoms with Gasteiger partial charge in [-0.25, -0.2) is 0 Å². The van der Waals surface area contributed by atoms with Crippen LogP contribution in [0.5, 0.6) is 11.5 Å². The molecule has 0 saturated heterocycles. The second kappa shape index (κ2) is 9.14. The lowest BCUT2D eigenvalue weighted by Gasteiger charge is -2.12. The quantitative estimate of drug-likeness (QED) is 0.727. The van der Waals surface area contributed by atoms with E-state index in [-0.39, 0.29) is 17.6 Å². The number of aromatic nitrogens is 1. The fraction of sp³-hybridized carbons (Fsp3) is 0.353. The van der Waals surface area contributed by atoms with Gasteiger partial charge in [-0.3, -0.25) is 9.59 Å². The van der Waals surface area contributed by atoms with Gasteiger partial charge in [0, 0.05) is 30.0 Å². The van der Waals surface area contributed by atoms with Crippen LogP contribution in [-0.2, 0) is 9.59 Å². The highest BCUT2D eigenvalue weighted by atomic mass is 32.2. The molecule has 2 aromatic rings. The minimum absolute atomic E-state index is 0.117. The molecule has 8 nitrogen and oxygen atoms in total. The van der Waals surface area contributed by atoms with E-state index in [9.17, 15) is 9.59 Å². The van der Waals surface area contributed by atoms with Crippen molar-refractivity contribution >= 4 is 35.1 Å². The van der Waals surface area contributed by atoms with Crippen LogP contribution in [0, 0.1) is 6.92 Å². The molecule has 1 atom stereocenters. The predicted molar refractivity (Wildman–Crippen MR) is 100.0 cm³/mol. The first-order valence-corrected chi connectivity index (χ1v) is 8.85. The van der Waals surface area contributed by atoms with Gasteiger partial charge < -0.3 is 24.6 Å². The number of benzene rings is 1. The third-order valence-electron chi connectivity index (χ3n) is 3.35. The molecule has 0 spiro atoms. The molecule has 0 aliphatic carbocycles. The molecular weight excluding hydrogens is 358 g/mol. The average Bonchev–Trinajstić information content (AvgIpc) is 3.03. The zero-order chi connectivity index (χ0) is 19.1. The Morgan fingerprint density at radius 1 is 1.15 bits per heavy atom. The summed E-state index contributed by atoms with van der Waals surface area (Å²) < 4.78 is 15.2. The van der Waals surface area contributed by atoms with Crippen molar-refractivity contribution in [2.75, 3.05) is 30.6 Å². The van der Waals surface area contributed by atoms with Gasteiger partial charge in [-0.05, 0) is 13.8 Å². The molecule has 2 amide bonds. The number of anilines is 2. The second-order valence-electron chi connectivity index (χ2n) is 5.41. The molecule has 2 N–H and O–H groups in total. The number of carbonyl (C=O) groups is 2. The average molecular weight is 379 g/mol. The maximum Gasteiger partial charge on any atom is 0.238 e. The Hall–Kier alpha value is -2.68. The number of hydrogen-bond acceptors (Lipinski definition) is 7. The highest BCUT2D eigenvalue weighted by Crippen LogP contribution is 2.26. The number of thioether (sulfide) groups is 1. The van der Waals surface area contributed by atoms with Gasteiger partial charge in [0.1, 0.15) is 17.3 Å². The standard InChI is InChI=1S/C17H21N3O5S/c1-10-5-15(20-25-10)19-17(22)11(2)26-9-16(21)18-12-6-13(23-3)8-14(7-12)24-4/h5-8,11H,9H2,1-4H3,(H,18,21)(H,19,20,22)/t11-/m0/s1. The largest absolute Gasteiger partial charge is 0.497 e. The Morgan fingerprint density at radius 2 is 1.81 bits per heavy atom. The van der Waals surface area contributed by atoms with E-state index in [0.29, 0.717) is 28.8 Å². The van der Waals surface area contributed by atoms with Gasteiger partial charge in [0.25, 0.3) is 0 Å². The van der Waals surface area contributed by atoms with Gasteiger partial charge in [0.15, 0.2) is 5.82 Å². The molecule has 140 valence electrons. The zero-order valence-electron chi connectivity index (χ0n) is 15.0. The van der Waals surface area contributed by atoms with Gasteiger partial charge >= 0.3 is 0 Å². The van der Waals surface area contributed by atoms with Crippen LogP contribution in [0.4, 0.5) is 11.5 Å². The molecule has 0 radical (unpaired) electrons. The summed E-state index contributed by atoms with van der Waals surface area (Å²) in [5.74, 6) is 1.74. The molecular formula is C17H21N3O5S. The number of amides is 2. The number of nitrogens with zero attached hydrogens (tertiary/aromatic N) is 1. The minimum atomic E-state index is -0.433. The fourth-order valence-corrected chi connectivity index (χ4v) is 2.69.